The number of methoxy groups -OCH3 is 1. The maximum absolute atomic E-state index is 11.2. The van der Waals surface area contributed by atoms with Crippen LogP contribution in [0.25, 0.3) is 0 Å². The molecule has 0 heterocycles. The van der Waals surface area contributed by atoms with Crippen molar-refractivity contribution in [3.63, 3.8) is 0 Å². The van der Waals surface area contributed by atoms with Gasteiger partial charge in [0.1, 0.15) is 11.5 Å². The Hall–Kier alpha value is -1.95. The Morgan fingerprint density at radius 2 is 2.11 bits per heavy atom. The van der Waals surface area contributed by atoms with E-state index in [1.54, 1.807) is 24.3 Å². The third kappa shape index (κ3) is 5.05. The van der Waals surface area contributed by atoms with Crippen LogP contribution in [0.5, 0.6) is 5.75 Å². The summed E-state index contributed by atoms with van der Waals surface area (Å²) in [6.07, 6.45) is 0.119. The minimum atomic E-state index is -0.486. The number of nitro groups is 1. The van der Waals surface area contributed by atoms with Crippen molar-refractivity contribution in [3.05, 3.63) is 39.9 Å². The first-order chi connectivity index (χ1) is 9.04. The second-order valence-electron chi connectivity index (χ2n) is 4.21. The second kappa shape index (κ2) is 7.48. The molecule has 0 aliphatic heterocycles. The van der Waals surface area contributed by atoms with Crippen LogP contribution in [0, 0.1) is 10.1 Å². The van der Waals surface area contributed by atoms with Crippen LogP contribution in [0.15, 0.2) is 24.3 Å². The number of carbonyl (C=O) groups excluding carboxylic acids is 1. The van der Waals surface area contributed by atoms with E-state index in [0.29, 0.717) is 11.3 Å². The van der Waals surface area contributed by atoms with Crippen molar-refractivity contribution in [3.8, 4) is 5.75 Å². The molecule has 1 aromatic rings. The molecule has 0 fully saturated rings. The Morgan fingerprint density at radius 1 is 1.42 bits per heavy atom. The summed E-state index contributed by atoms with van der Waals surface area (Å²) in [6, 6.07) is 6.98. The highest BCUT2D eigenvalue weighted by atomic mass is 16.7. The number of rotatable bonds is 8. The van der Waals surface area contributed by atoms with Gasteiger partial charge in [-0.1, -0.05) is 18.2 Å². The zero-order valence-corrected chi connectivity index (χ0v) is 11.0. The summed E-state index contributed by atoms with van der Waals surface area (Å²) in [4.78, 5) is 21.5. The number of para-hydroxylation sites is 1. The van der Waals surface area contributed by atoms with Crippen molar-refractivity contribution in [2.45, 2.75) is 19.3 Å². The third-order valence-corrected chi connectivity index (χ3v) is 2.59. The average molecular weight is 267 g/mol. The molecule has 0 aliphatic rings. The van der Waals surface area contributed by atoms with Crippen LogP contribution in [0.3, 0.4) is 0 Å². The first kappa shape index (κ1) is 15.1. The molecular formula is C13H17NO5. The highest BCUT2D eigenvalue weighted by Gasteiger charge is 2.23. The molecule has 0 amide bonds. The van der Waals surface area contributed by atoms with Crippen molar-refractivity contribution in [2.75, 3.05) is 20.4 Å². The normalized spacial score (nSPS) is 11.9. The molecule has 19 heavy (non-hydrogen) atoms. The number of ketones is 1. The molecule has 104 valence electrons. The largest absolute Gasteiger partial charge is 0.467 e. The highest BCUT2D eigenvalue weighted by molar-refractivity contribution is 5.76. The highest BCUT2D eigenvalue weighted by Crippen LogP contribution is 2.29. The number of benzene rings is 1. The number of ether oxygens (including phenoxy) is 2. The molecule has 0 N–H and O–H groups in total. The molecule has 0 saturated heterocycles. The van der Waals surface area contributed by atoms with E-state index >= 15 is 0 Å². The van der Waals surface area contributed by atoms with E-state index in [4.69, 9.17) is 9.47 Å². The Kier molecular flexibility index (Phi) is 5.95. The van der Waals surface area contributed by atoms with Gasteiger partial charge in [-0.15, -0.1) is 0 Å². The second-order valence-corrected chi connectivity index (χ2v) is 4.21. The molecule has 0 bridgehead atoms. The van der Waals surface area contributed by atoms with Crippen LogP contribution < -0.4 is 4.74 Å². The first-order valence-corrected chi connectivity index (χ1v) is 5.86. The van der Waals surface area contributed by atoms with Crippen LogP contribution in [-0.4, -0.2) is 31.2 Å². The molecule has 1 atom stereocenters. The molecular weight excluding hydrogens is 250 g/mol. The van der Waals surface area contributed by atoms with Gasteiger partial charge in [0.15, 0.2) is 6.79 Å². The van der Waals surface area contributed by atoms with Gasteiger partial charge in [0, 0.05) is 24.0 Å². The van der Waals surface area contributed by atoms with Gasteiger partial charge >= 0.3 is 0 Å². The summed E-state index contributed by atoms with van der Waals surface area (Å²) < 4.78 is 10.2. The molecule has 0 aromatic heterocycles. The van der Waals surface area contributed by atoms with Gasteiger partial charge in [-0.3, -0.25) is 10.1 Å². The number of Topliss-reactive ketones (excluding diaryl/α,β-unsaturated/α-hetero) is 1. The van der Waals surface area contributed by atoms with Crippen molar-refractivity contribution >= 4 is 5.78 Å². The SMILES string of the molecule is COCOc1ccccc1[C@H](CC(C)=O)C[N+](=O)[O-]. The van der Waals surface area contributed by atoms with Crippen LogP contribution >= 0.6 is 0 Å². The van der Waals surface area contributed by atoms with Crippen LogP contribution in [0.2, 0.25) is 0 Å². The van der Waals surface area contributed by atoms with E-state index < -0.39 is 10.8 Å². The maximum atomic E-state index is 11.2. The van der Waals surface area contributed by atoms with Gasteiger partial charge in [0.2, 0.25) is 6.54 Å². The minimum Gasteiger partial charge on any atom is -0.467 e. The van der Waals surface area contributed by atoms with Gasteiger partial charge in [0.25, 0.3) is 0 Å². The zero-order valence-electron chi connectivity index (χ0n) is 11.0. The van der Waals surface area contributed by atoms with E-state index in [9.17, 15) is 14.9 Å². The lowest BCUT2D eigenvalue weighted by Crippen LogP contribution is -2.16. The molecule has 6 heteroatoms. The zero-order chi connectivity index (χ0) is 14.3. The molecule has 6 nitrogen and oxygen atoms in total. The van der Waals surface area contributed by atoms with Gasteiger partial charge in [-0.05, 0) is 13.0 Å². The Bertz CT molecular complexity index is 430. The van der Waals surface area contributed by atoms with Gasteiger partial charge in [-0.2, -0.15) is 0 Å². The topological polar surface area (TPSA) is 78.7 Å². The smallest absolute Gasteiger partial charge is 0.211 e. The fraction of sp³-hybridized carbons (Fsp3) is 0.462. The van der Waals surface area contributed by atoms with E-state index in [1.807, 2.05) is 0 Å². The summed E-state index contributed by atoms with van der Waals surface area (Å²) in [5, 5.41) is 10.7. The summed E-state index contributed by atoms with van der Waals surface area (Å²) in [7, 11) is 1.49. The van der Waals surface area contributed by atoms with Gasteiger partial charge < -0.3 is 14.3 Å². The van der Waals surface area contributed by atoms with Crippen molar-refractivity contribution in [1.29, 1.82) is 0 Å². The predicted molar refractivity (Wildman–Crippen MR) is 68.8 cm³/mol. The van der Waals surface area contributed by atoms with E-state index in [2.05, 4.69) is 0 Å². The Balaban J connectivity index is 2.98. The van der Waals surface area contributed by atoms with Crippen LogP contribution in [0.4, 0.5) is 0 Å². The predicted octanol–water partition coefficient (Wildman–Crippen LogP) is 2.01. The fourth-order valence-corrected chi connectivity index (χ4v) is 1.87. The number of hydrogen-bond donors (Lipinski definition) is 0. The molecule has 0 saturated carbocycles. The minimum absolute atomic E-state index is 0.0578. The Labute approximate surface area is 111 Å². The molecule has 0 radical (unpaired) electrons. The third-order valence-electron chi connectivity index (χ3n) is 2.59. The number of hydrogen-bond acceptors (Lipinski definition) is 5. The summed E-state index contributed by atoms with van der Waals surface area (Å²) in [5.41, 5.74) is 0.659. The van der Waals surface area contributed by atoms with Crippen molar-refractivity contribution < 1.29 is 19.2 Å². The number of carbonyl (C=O) groups is 1. The van der Waals surface area contributed by atoms with Crippen molar-refractivity contribution in [2.24, 2.45) is 0 Å². The average Bonchev–Trinajstić information content (AvgIpc) is 2.35. The summed E-state index contributed by atoms with van der Waals surface area (Å²) in [6.45, 7) is 1.18. The molecule has 0 aliphatic carbocycles. The molecule has 1 rings (SSSR count). The van der Waals surface area contributed by atoms with E-state index in [1.165, 1.54) is 14.0 Å². The quantitative estimate of drug-likeness (QED) is 0.409. The monoisotopic (exact) mass is 267 g/mol. The number of nitrogens with zero attached hydrogens (tertiary/aromatic N) is 1. The van der Waals surface area contributed by atoms with Crippen molar-refractivity contribution in [1.82, 2.24) is 0 Å². The van der Waals surface area contributed by atoms with Gasteiger partial charge in [0.05, 0.1) is 5.92 Å². The lowest BCUT2D eigenvalue weighted by atomic mass is 9.93. The fourth-order valence-electron chi connectivity index (χ4n) is 1.87. The standard InChI is InChI=1S/C13H17NO5/c1-10(15)7-11(8-14(16)17)12-5-3-4-6-13(12)19-9-18-2/h3-6,11H,7-9H2,1-2H3/t11-/m1/s1. The maximum Gasteiger partial charge on any atom is 0.211 e. The van der Waals surface area contributed by atoms with Gasteiger partial charge in [-0.25, -0.2) is 0 Å². The Morgan fingerprint density at radius 3 is 2.68 bits per heavy atom. The van der Waals surface area contributed by atoms with Crippen LogP contribution in [0.1, 0.15) is 24.8 Å². The molecule has 0 unspecified atom stereocenters. The van der Waals surface area contributed by atoms with E-state index in [-0.39, 0.29) is 25.5 Å². The summed E-state index contributed by atoms with van der Waals surface area (Å²) in [5.74, 6) is -0.0635. The lowest BCUT2D eigenvalue weighted by molar-refractivity contribution is -0.483. The lowest BCUT2D eigenvalue weighted by Gasteiger charge is -2.16. The first-order valence-electron chi connectivity index (χ1n) is 5.86. The summed E-state index contributed by atoms with van der Waals surface area (Å²) >= 11 is 0. The molecule has 0 spiro atoms. The van der Waals surface area contributed by atoms with E-state index in [0.717, 1.165) is 0 Å². The van der Waals surface area contributed by atoms with Crippen LogP contribution in [-0.2, 0) is 9.53 Å². The molecule has 1 aromatic carbocycles.